The monoisotopic (exact) mass is 627 g/mol. The average molecular weight is 628 g/mol. The van der Waals surface area contributed by atoms with E-state index in [-0.39, 0.29) is 37.3 Å². The largest absolute Gasteiger partial charge is 0.484 e. The van der Waals surface area contributed by atoms with Crippen LogP contribution in [0.2, 0.25) is 0 Å². The van der Waals surface area contributed by atoms with E-state index < -0.39 is 35.9 Å². The summed E-state index contributed by atoms with van der Waals surface area (Å²) >= 11 is 0. The van der Waals surface area contributed by atoms with Crippen LogP contribution in [-0.2, 0) is 25.6 Å². The first-order valence-electron chi connectivity index (χ1n) is 15.4. The number of amides is 5. The van der Waals surface area contributed by atoms with Crippen LogP contribution in [0.1, 0.15) is 62.4 Å². The number of hydrogen-bond acceptors (Lipinski definition) is 8. The Balaban J connectivity index is 1.76. The zero-order valence-electron chi connectivity index (χ0n) is 26.1. The Labute approximate surface area is 263 Å². The molecule has 0 saturated carbocycles. The molecule has 2 heterocycles. The average Bonchev–Trinajstić information content (AvgIpc) is 3.53. The fourth-order valence-corrected chi connectivity index (χ4v) is 4.85. The number of aromatic nitrogens is 2. The lowest BCUT2D eigenvalue weighted by molar-refractivity contribution is -0.134. The van der Waals surface area contributed by atoms with E-state index >= 15 is 0 Å². The van der Waals surface area contributed by atoms with Crippen LogP contribution in [0.25, 0.3) is 0 Å². The third-order valence-electron chi connectivity index (χ3n) is 7.17. The standard InChI is InChI=1S/C31H45N7O7/c1-20(2)14-25-29(42)37-28(21(3)39)30(43)33-10-4-5-12-38(31(44)23-17-34-35-18-23)13-7-11-32-27(41)19-45-24-9-6-8-22(15-24)16-26(40)36-25/h6,8-9,15,17-18,20-21,25,28,39H,4-5,7,10-14,16,19H2,1-3H3,(H,32,41)(H,33,43)(H,34,35)(H,36,40)(H,37,42)/t21-,25-,28+/m1/s1. The number of fused-ring (bicyclic) bond motifs is 2. The molecular formula is C31H45N7O7. The van der Waals surface area contributed by atoms with Gasteiger partial charge < -0.3 is 36.0 Å². The number of H-pyrrole nitrogens is 1. The van der Waals surface area contributed by atoms with Crippen molar-refractivity contribution in [3.05, 3.63) is 47.8 Å². The minimum Gasteiger partial charge on any atom is -0.484 e. The van der Waals surface area contributed by atoms with Gasteiger partial charge in [0.1, 0.15) is 17.8 Å². The second kappa shape index (κ2) is 17.7. The van der Waals surface area contributed by atoms with Crippen LogP contribution in [0.4, 0.5) is 0 Å². The second-order valence-electron chi connectivity index (χ2n) is 11.6. The van der Waals surface area contributed by atoms with Crippen LogP contribution < -0.4 is 26.0 Å². The summed E-state index contributed by atoms with van der Waals surface area (Å²) in [5.41, 5.74) is 1.03. The van der Waals surface area contributed by atoms with Gasteiger partial charge in [0.2, 0.25) is 17.7 Å². The van der Waals surface area contributed by atoms with Gasteiger partial charge in [-0.05, 0) is 56.2 Å². The molecule has 45 heavy (non-hydrogen) atoms. The third-order valence-corrected chi connectivity index (χ3v) is 7.17. The molecule has 1 aliphatic heterocycles. The summed E-state index contributed by atoms with van der Waals surface area (Å²) in [4.78, 5) is 66.3. The zero-order valence-corrected chi connectivity index (χ0v) is 26.1. The molecule has 246 valence electrons. The molecule has 0 radical (unpaired) electrons. The molecule has 0 aliphatic carbocycles. The van der Waals surface area contributed by atoms with Crippen molar-refractivity contribution in [2.45, 2.75) is 71.1 Å². The number of aliphatic hydroxyl groups excluding tert-OH is 1. The number of hydrogen-bond donors (Lipinski definition) is 6. The maximum absolute atomic E-state index is 13.2. The van der Waals surface area contributed by atoms with Crippen LogP contribution in [0.5, 0.6) is 5.75 Å². The predicted molar refractivity (Wildman–Crippen MR) is 165 cm³/mol. The van der Waals surface area contributed by atoms with E-state index in [1.807, 2.05) is 13.8 Å². The molecule has 6 N–H and O–H groups in total. The fraction of sp³-hybridized carbons (Fsp3) is 0.548. The highest BCUT2D eigenvalue weighted by molar-refractivity contribution is 5.94. The molecule has 0 fully saturated rings. The molecular weight excluding hydrogens is 582 g/mol. The Morgan fingerprint density at radius 1 is 1.00 bits per heavy atom. The lowest BCUT2D eigenvalue weighted by Crippen LogP contribution is -2.57. The Hall–Kier alpha value is -4.46. The first-order valence-corrected chi connectivity index (χ1v) is 15.4. The summed E-state index contributed by atoms with van der Waals surface area (Å²) in [6.45, 7) is 6.38. The summed E-state index contributed by atoms with van der Waals surface area (Å²) < 4.78 is 5.63. The molecule has 0 unspecified atom stereocenters. The number of nitrogens with zero attached hydrogens (tertiary/aromatic N) is 2. The molecule has 3 atom stereocenters. The van der Waals surface area contributed by atoms with Crippen molar-refractivity contribution in [1.29, 1.82) is 0 Å². The molecule has 3 rings (SSSR count). The van der Waals surface area contributed by atoms with E-state index in [1.165, 1.54) is 19.3 Å². The van der Waals surface area contributed by atoms with Gasteiger partial charge in [0, 0.05) is 32.4 Å². The van der Waals surface area contributed by atoms with Gasteiger partial charge in [0.25, 0.3) is 11.8 Å². The Morgan fingerprint density at radius 2 is 1.76 bits per heavy atom. The quantitative estimate of drug-likeness (QED) is 0.278. The van der Waals surface area contributed by atoms with E-state index in [2.05, 4.69) is 31.5 Å². The minimum absolute atomic E-state index is 0.0420. The first-order chi connectivity index (χ1) is 21.5. The van der Waals surface area contributed by atoms with E-state index in [1.54, 1.807) is 29.2 Å². The predicted octanol–water partition coefficient (Wildman–Crippen LogP) is 0.286. The number of benzene rings is 1. The number of carbonyl (C=O) groups excluding carboxylic acids is 5. The molecule has 14 nitrogen and oxygen atoms in total. The van der Waals surface area contributed by atoms with Crippen LogP contribution in [-0.4, -0.2) is 101 Å². The van der Waals surface area contributed by atoms with Crippen molar-refractivity contribution < 1.29 is 33.8 Å². The highest BCUT2D eigenvalue weighted by Crippen LogP contribution is 2.15. The van der Waals surface area contributed by atoms with Gasteiger partial charge in [-0.3, -0.25) is 29.1 Å². The lowest BCUT2D eigenvalue weighted by atomic mass is 10.0. The van der Waals surface area contributed by atoms with Gasteiger partial charge in [-0.1, -0.05) is 26.0 Å². The SMILES string of the molecule is CC(C)C[C@H]1NC(=O)Cc2cccc(c2)OCC(=O)NCCCN(C(=O)c2cn[nH]c2)CCCCNC(=O)[C@H]([C@@H](C)O)NC1=O. The van der Waals surface area contributed by atoms with E-state index in [0.29, 0.717) is 62.2 Å². The molecule has 1 aromatic heterocycles. The van der Waals surface area contributed by atoms with Crippen molar-refractivity contribution in [2.75, 3.05) is 32.8 Å². The van der Waals surface area contributed by atoms with Crippen molar-refractivity contribution in [3.8, 4) is 5.75 Å². The number of ether oxygens (including phenoxy) is 1. The number of aliphatic hydroxyl groups is 1. The maximum atomic E-state index is 13.2. The summed E-state index contributed by atoms with van der Waals surface area (Å²) in [7, 11) is 0. The molecule has 1 aromatic carbocycles. The molecule has 0 spiro atoms. The molecule has 5 amide bonds. The van der Waals surface area contributed by atoms with Crippen LogP contribution in [0.3, 0.4) is 0 Å². The van der Waals surface area contributed by atoms with Crippen molar-refractivity contribution in [2.24, 2.45) is 5.92 Å². The first kappa shape index (κ1) is 35.0. The minimum atomic E-state index is -1.22. The third kappa shape index (κ3) is 11.9. The van der Waals surface area contributed by atoms with Gasteiger partial charge in [-0.25, -0.2) is 0 Å². The summed E-state index contributed by atoms with van der Waals surface area (Å²) in [5.74, 6) is -1.61. The molecule has 2 bridgehead atoms. The number of nitrogens with one attached hydrogen (secondary N) is 5. The van der Waals surface area contributed by atoms with E-state index in [0.717, 1.165) is 0 Å². The van der Waals surface area contributed by atoms with Gasteiger partial charge in [0.15, 0.2) is 6.61 Å². The molecule has 2 aromatic rings. The normalized spacial score (nSPS) is 21.0. The van der Waals surface area contributed by atoms with Crippen molar-refractivity contribution >= 4 is 29.5 Å². The van der Waals surface area contributed by atoms with Gasteiger partial charge in [-0.2, -0.15) is 5.10 Å². The number of carbonyl (C=O) groups is 5. The zero-order chi connectivity index (χ0) is 32.8. The van der Waals surface area contributed by atoms with Crippen molar-refractivity contribution in [3.63, 3.8) is 0 Å². The Kier molecular flexibility index (Phi) is 13.8. The number of rotatable bonds is 4. The topological polar surface area (TPSA) is 195 Å². The highest BCUT2D eigenvalue weighted by atomic mass is 16.5. The molecule has 14 heteroatoms. The molecule has 0 saturated heterocycles. The lowest BCUT2D eigenvalue weighted by Gasteiger charge is -2.26. The van der Waals surface area contributed by atoms with Crippen LogP contribution in [0, 0.1) is 5.92 Å². The van der Waals surface area contributed by atoms with Crippen molar-refractivity contribution in [1.82, 2.24) is 36.4 Å². The van der Waals surface area contributed by atoms with Gasteiger partial charge >= 0.3 is 0 Å². The fourth-order valence-electron chi connectivity index (χ4n) is 4.85. The summed E-state index contributed by atoms with van der Waals surface area (Å²) in [6.07, 6.45) is 3.66. The Morgan fingerprint density at radius 3 is 2.47 bits per heavy atom. The smallest absolute Gasteiger partial charge is 0.257 e. The van der Waals surface area contributed by atoms with Gasteiger partial charge in [-0.15, -0.1) is 0 Å². The van der Waals surface area contributed by atoms with Crippen LogP contribution >= 0.6 is 0 Å². The summed E-state index contributed by atoms with van der Waals surface area (Å²) in [5, 5.41) is 27.7. The van der Waals surface area contributed by atoms with Crippen LogP contribution in [0.15, 0.2) is 36.7 Å². The Bertz CT molecular complexity index is 1280. The maximum Gasteiger partial charge on any atom is 0.257 e. The van der Waals surface area contributed by atoms with E-state index in [4.69, 9.17) is 4.74 Å². The second-order valence-corrected chi connectivity index (χ2v) is 11.6. The molecule has 1 aliphatic rings. The van der Waals surface area contributed by atoms with Gasteiger partial charge in [0.05, 0.1) is 24.3 Å². The van der Waals surface area contributed by atoms with E-state index in [9.17, 15) is 29.1 Å². The highest BCUT2D eigenvalue weighted by Gasteiger charge is 2.30. The summed E-state index contributed by atoms with van der Waals surface area (Å²) in [6, 6.07) is 4.61. The number of aromatic amines is 1.